The molecule has 0 aliphatic rings. The fourth-order valence-corrected chi connectivity index (χ4v) is 1.15. The molecule has 0 aromatic rings. The summed E-state index contributed by atoms with van der Waals surface area (Å²) in [6.07, 6.45) is 6.43. The predicted molar refractivity (Wildman–Crippen MR) is 59.5 cm³/mol. The van der Waals surface area contributed by atoms with Crippen LogP contribution in [-0.2, 0) is 0 Å². The van der Waals surface area contributed by atoms with Crippen molar-refractivity contribution in [2.75, 3.05) is 26.2 Å². The van der Waals surface area contributed by atoms with Gasteiger partial charge in [-0.3, -0.25) is 0 Å². The van der Waals surface area contributed by atoms with Crippen LogP contribution in [0.15, 0.2) is 12.3 Å². The Balaban J connectivity index is 0. The zero-order valence-electron chi connectivity index (χ0n) is 9.83. The van der Waals surface area contributed by atoms with Crippen molar-refractivity contribution in [3.63, 3.8) is 0 Å². The minimum atomic E-state index is 0. The summed E-state index contributed by atoms with van der Waals surface area (Å²) in [4.78, 5) is 2.28. The number of halogens is 1. The molecule has 0 aromatic heterocycles. The molecule has 0 heterocycles. The molecule has 14 heavy (non-hydrogen) atoms. The first-order valence-corrected chi connectivity index (χ1v) is 5.28. The Morgan fingerprint density at radius 3 is 1.86 bits per heavy atom. The van der Waals surface area contributed by atoms with Gasteiger partial charge in [-0.2, -0.15) is 0 Å². The fraction of sp³-hybridized carbons (Fsp3) is 0.727. The SMILES string of the molecule is CCN(/C=C/C=[N+](CC)CC)CC.[Cl-]. The first-order valence-electron chi connectivity index (χ1n) is 5.28. The third kappa shape index (κ3) is 6.96. The number of hydrogen-bond acceptors (Lipinski definition) is 1. The molecule has 2 nitrogen and oxygen atoms in total. The molecule has 84 valence electrons. The van der Waals surface area contributed by atoms with E-state index in [1.54, 1.807) is 0 Å². The van der Waals surface area contributed by atoms with Gasteiger partial charge in [-0.15, -0.1) is 0 Å². The summed E-state index contributed by atoms with van der Waals surface area (Å²) in [7, 11) is 0. The molecule has 0 saturated heterocycles. The summed E-state index contributed by atoms with van der Waals surface area (Å²) in [6, 6.07) is 0. The monoisotopic (exact) mass is 218 g/mol. The van der Waals surface area contributed by atoms with Crippen molar-refractivity contribution in [3.05, 3.63) is 12.3 Å². The lowest BCUT2D eigenvalue weighted by Gasteiger charge is -2.13. The van der Waals surface area contributed by atoms with E-state index in [1.165, 1.54) is 0 Å². The fourth-order valence-electron chi connectivity index (χ4n) is 1.15. The first-order chi connectivity index (χ1) is 6.28. The van der Waals surface area contributed by atoms with E-state index < -0.39 is 0 Å². The number of allylic oxidation sites excluding steroid dienone is 1. The molecule has 0 aliphatic carbocycles. The lowest BCUT2D eigenvalue weighted by atomic mass is 10.5. The van der Waals surface area contributed by atoms with Crippen LogP contribution in [0.1, 0.15) is 27.7 Å². The van der Waals surface area contributed by atoms with Crippen LogP contribution in [0.4, 0.5) is 0 Å². The summed E-state index contributed by atoms with van der Waals surface area (Å²) >= 11 is 0. The highest BCUT2D eigenvalue weighted by Crippen LogP contribution is 1.86. The second-order valence-corrected chi connectivity index (χ2v) is 2.93. The number of rotatable bonds is 6. The second-order valence-electron chi connectivity index (χ2n) is 2.93. The summed E-state index contributed by atoms with van der Waals surface area (Å²) in [5, 5.41) is 0. The molecule has 0 aliphatic heterocycles. The zero-order valence-corrected chi connectivity index (χ0v) is 10.6. The Hall–Kier alpha value is -0.500. The molecule has 0 bridgehead atoms. The van der Waals surface area contributed by atoms with E-state index in [-0.39, 0.29) is 12.4 Å². The Morgan fingerprint density at radius 1 is 1.00 bits per heavy atom. The second kappa shape index (κ2) is 10.6. The molecule has 0 spiro atoms. The van der Waals surface area contributed by atoms with Gasteiger partial charge in [0.2, 0.25) is 0 Å². The van der Waals surface area contributed by atoms with Gasteiger partial charge in [0, 0.05) is 25.4 Å². The Bertz CT molecular complexity index is 166. The molecule has 3 heteroatoms. The molecule has 0 amide bonds. The van der Waals surface area contributed by atoms with Gasteiger partial charge in [0.1, 0.15) is 13.1 Å². The summed E-state index contributed by atoms with van der Waals surface area (Å²) in [6.45, 7) is 13.0. The maximum atomic E-state index is 2.28. The van der Waals surface area contributed by atoms with Crippen molar-refractivity contribution in [1.82, 2.24) is 4.90 Å². The highest BCUT2D eigenvalue weighted by molar-refractivity contribution is 5.65. The first kappa shape index (κ1) is 15.9. The van der Waals surface area contributed by atoms with E-state index in [9.17, 15) is 0 Å². The van der Waals surface area contributed by atoms with Crippen molar-refractivity contribution in [1.29, 1.82) is 0 Å². The maximum absolute atomic E-state index is 2.28. The van der Waals surface area contributed by atoms with Gasteiger partial charge < -0.3 is 17.3 Å². The topological polar surface area (TPSA) is 6.25 Å². The van der Waals surface area contributed by atoms with Crippen molar-refractivity contribution in [2.45, 2.75) is 27.7 Å². The molecule has 0 fully saturated rings. The van der Waals surface area contributed by atoms with E-state index in [1.807, 2.05) is 0 Å². The Morgan fingerprint density at radius 2 is 1.50 bits per heavy atom. The third-order valence-corrected chi connectivity index (χ3v) is 2.22. The van der Waals surface area contributed by atoms with Crippen molar-refractivity contribution >= 4 is 6.21 Å². The van der Waals surface area contributed by atoms with Crippen molar-refractivity contribution < 1.29 is 17.0 Å². The predicted octanol–water partition coefficient (Wildman–Crippen LogP) is -1.03. The van der Waals surface area contributed by atoms with Gasteiger partial charge in [0.15, 0.2) is 6.21 Å². The normalized spacial score (nSPS) is 9.71. The van der Waals surface area contributed by atoms with E-state index in [0.29, 0.717) is 0 Å². The minimum Gasteiger partial charge on any atom is -1.00 e. The molecule has 0 radical (unpaired) electrons. The third-order valence-electron chi connectivity index (χ3n) is 2.22. The molecular weight excluding hydrogens is 196 g/mol. The van der Waals surface area contributed by atoms with Crippen LogP contribution < -0.4 is 12.4 Å². The van der Waals surface area contributed by atoms with Crippen LogP contribution in [0.25, 0.3) is 0 Å². The largest absolute Gasteiger partial charge is 1.00 e. The molecule has 0 N–H and O–H groups in total. The van der Waals surface area contributed by atoms with Crippen molar-refractivity contribution in [3.8, 4) is 0 Å². The smallest absolute Gasteiger partial charge is 0.164 e. The van der Waals surface area contributed by atoms with E-state index in [0.717, 1.165) is 26.2 Å². The van der Waals surface area contributed by atoms with Gasteiger partial charge in [0.25, 0.3) is 0 Å². The van der Waals surface area contributed by atoms with Gasteiger partial charge in [-0.25, -0.2) is 4.58 Å². The average molecular weight is 219 g/mol. The molecule has 0 unspecified atom stereocenters. The lowest BCUT2D eigenvalue weighted by Crippen LogP contribution is -3.00. The average Bonchev–Trinajstić information content (AvgIpc) is 2.19. The molecule has 0 aromatic carbocycles. The van der Waals surface area contributed by atoms with Gasteiger partial charge in [0.05, 0.1) is 0 Å². The molecular formula is C11H23ClN2. The van der Waals surface area contributed by atoms with Crippen LogP contribution >= 0.6 is 0 Å². The Kier molecular flexibility index (Phi) is 12.1. The lowest BCUT2D eigenvalue weighted by molar-refractivity contribution is -0.515. The number of nitrogens with zero attached hydrogens (tertiary/aromatic N) is 2. The summed E-state index contributed by atoms with van der Waals surface area (Å²) in [5.74, 6) is 0. The maximum Gasteiger partial charge on any atom is 0.164 e. The van der Waals surface area contributed by atoms with Crippen LogP contribution in [0.5, 0.6) is 0 Å². The van der Waals surface area contributed by atoms with Gasteiger partial charge in [-0.05, 0) is 27.7 Å². The van der Waals surface area contributed by atoms with Crippen LogP contribution in [-0.4, -0.2) is 41.9 Å². The highest BCUT2D eigenvalue weighted by Gasteiger charge is 1.92. The van der Waals surface area contributed by atoms with E-state index in [4.69, 9.17) is 0 Å². The number of hydrogen-bond donors (Lipinski definition) is 0. The minimum absolute atomic E-state index is 0. The van der Waals surface area contributed by atoms with Gasteiger partial charge in [-0.1, -0.05) is 0 Å². The van der Waals surface area contributed by atoms with E-state index >= 15 is 0 Å². The molecule has 0 saturated carbocycles. The summed E-state index contributed by atoms with van der Waals surface area (Å²) in [5.41, 5.74) is 0. The molecule has 0 rings (SSSR count). The van der Waals surface area contributed by atoms with Crippen LogP contribution in [0, 0.1) is 0 Å². The standard InChI is InChI=1S/C11H23N2.ClH/c1-5-12(6-2)10-9-11-13(7-3)8-4;/h9-11H,5-8H2,1-4H3;1H/q+1;/p-1. The Labute approximate surface area is 94.7 Å². The quantitative estimate of drug-likeness (QED) is 0.408. The highest BCUT2D eigenvalue weighted by atomic mass is 35.5. The van der Waals surface area contributed by atoms with Crippen LogP contribution in [0.3, 0.4) is 0 Å². The molecule has 0 atom stereocenters. The van der Waals surface area contributed by atoms with Crippen molar-refractivity contribution in [2.24, 2.45) is 0 Å². The van der Waals surface area contributed by atoms with Crippen LogP contribution in [0.2, 0.25) is 0 Å². The zero-order chi connectivity index (χ0) is 10.1. The summed E-state index contributed by atoms with van der Waals surface area (Å²) < 4.78 is 2.28. The van der Waals surface area contributed by atoms with E-state index in [2.05, 4.69) is 55.7 Å². The van der Waals surface area contributed by atoms with Gasteiger partial charge >= 0.3 is 0 Å².